The van der Waals surface area contributed by atoms with Crippen molar-refractivity contribution in [3.63, 3.8) is 0 Å². The van der Waals surface area contributed by atoms with Crippen LogP contribution in [0.4, 0.5) is 14.9 Å². The average Bonchev–Trinajstić information content (AvgIpc) is 3.06. The molecule has 0 spiro atoms. The molecular formula is C18H15ClFN3OS. The molecule has 0 bridgehead atoms. The van der Waals surface area contributed by atoms with Gasteiger partial charge in [-0.25, -0.2) is 14.2 Å². The molecule has 2 aromatic carbocycles. The number of carbonyl (C=O) groups is 1. The van der Waals surface area contributed by atoms with E-state index in [2.05, 4.69) is 15.6 Å². The summed E-state index contributed by atoms with van der Waals surface area (Å²) in [6.07, 6.45) is 0.597. The summed E-state index contributed by atoms with van der Waals surface area (Å²) < 4.78 is 13.3. The highest BCUT2D eigenvalue weighted by molar-refractivity contribution is 7.13. The van der Waals surface area contributed by atoms with Gasteiger partial charge in [0.25, 0.3) is 0 Å². The highest BCUT2D eigenvalue weighted by Crippen LogP contribution is 2.24. The Kier molecular flexibility index (Phi) is 5.63. The van der Waals surface area contributed by atoms with Gasteiger partial charge in [-0.3, -0.25) is 0 Å². The smallest absolute Gasteiger partial charge is 0.319 e. The molecule has 3 rings (SSSR count). The summed E-state index contributed by atoms with van der Waals surface area (Å²) >= 11 is 7.25. The fraction of sp³-hybridized carbons (Fsp3) is 0.111. The molecule has 0 radical (unpaired) electrons. The maximum atomic E-state index is 13.3. The lowest BCUT2D eigenvalue weighted by atomic mass is 10.2. The van der Waals surface area contributed by atoms with Crippen molar-refractivity contribution >= 4 is 34.7 Å². The molecule has 7 heteroatoms. The lowest BCUT2D eigenvalue weighted by Crippen LogP contribution is -2.30. The van der Waals surface area contributed by atoms with Gasteiger partial charge in [-0.05, 0) is 36.4 Å². The molecule has 0 atom stereocenters. The molecule has 2 N–H and O–H groups in total. The number of thiazole rings is 1. The summed E-state index contributed by atoms with van der Waals surface area (Å²) in [6, 6.07) is 12.9. The number of hydrogen-bond donors (Lipinski definition) is 2. The van der Waals surface area contributed by atoms with E-state index in [1.54, 1.807) is 30.3 Å². The van der Waals surface area contributed by atoms with Gasteiger partial charge >= 0.3 is 6.03 Å². The molecule has 0 fully saturated rings. The zero-order chi connectivity index (χ0) is 17.6. The number of nitrogens with one attached hydrogen (secondary N) is 2. The van der Waals surface area contributed by atoms with Crippen LogP contribution in [-0.4, -0.2) is 17.6 Å². The molecule has 4 nitrogen and oxygen atoms in total. The third-order valence-electron chi connectivity index (χ3n) is 3.39. The lowest BCUT2D eigenvalue weighted by molar-refractivity contribution is 0.252. The third kappa shape index (κ3) is 5.01. The first-order valence-electron chi connectivity index (χ1n) is 7.61. The summed E-state index contributed by atoms with van der Waals surface area (Å²) in [5, 5.41) is 8.79. The molecule has 0 aliphatic heterocycles. The van der Waals surface area contributed by atoms with Crippen molar-refractivity contribution in [3.8, 4) is 10.6 Å². The predicted octanol–water partition coefficient (Wildman–Crippen LogP) is 4.97. The van der Waals surface area contributed by atoms with Crippen LogP contribution in [0.1, 0.15) is 5.69 Å². The second kappa shape index (κ2) is 8.09. The van der Waals surface area contributed by atoms with Crippen molar-refractivity contribution < 1.29 is 9.18 Å². The van der Waals surface area contributed by atoms with Crippen LogP contribution in [0.2, 0.25) is 5.02 Å². The molecule has 0 saturated heterocycles. The van der Waals surface area contributed by atoms with Crippen LogP contribution >= 0.6 is 22.9 Å². The molecule has 2 amide bonds. The largest absolute Gasteiger partial charge is 0.337 e. The average molecular weight is 376 g/mol. The van der Waals surface area contributed by atoms with Gasteiger partial charge in [0.2, 0.25) is 0 Å². The van der Waals surface area contributed by atoms with Crippen molar-refractivity contribution in [2.75, 3.05) is 11.9 Å². The van der Waals surface area contributed by atoms with E-state index in [4.69, 9.17) is 11.6 Å². The first-order valence-corrected chi connectivity index (χ1v) is 8.87. The summed E-state index contributed by atoms with van der Waals surface area (Å²) in [5.41, 5.74) is 2.28. The minimum atomic E-state index is -0.289. The van der Waals surface area contributed by atoms with Gasteiger partial charge in [0.1, 0.15) is 10.8 Å². The highest BCUT2D eigenvalue weighted by atomic mass is 35.5. The first kappa shape index (κ1) is 17.4. The van der Waals surface area contributed by atoms with E-state index in [1.165, 1.54) is 23.5 Å². The van der Waals surface area contributed by atoms with Gasteiger partial charge in [0, 0.05) is 34.6 Å². The minimum absolute atomic E-state index is 0.283. The van der Waals surface area contributed by atoms with Gasteiger partial charge in [0.05, 0.1) is 5.69 Å². The van der Waals surface area contributed by atoms with E-state index in [0.717, 1.165) is 16.3 Å². The van der Waals surface area contributed by atoms with E-state index in [0.29, 0.717) is 23.7 Å². The van der Waals surface area contributed by atoms with E-state index in [9.17, 15) is 9.18 Å². The molecule has 0 unspecified atom stereocenters. The summed E-state index contributed by atoms with van der Waals surface area (Å²) in [7, 11) is 0. The predicted molar refractivity (Wildman–Crippen MR) is 99.7 cm³/mol. The van der Waals surface area contributed by atoms with E-state index in [1.807, 2.05) is 11.4 Å². The maximum absolute atomic E-state index is 13.3. The molecule has 1 heterocycles. The molecule has 25 heavy (non-hydrogen) atoms. The van der Waals surface area contributed by atoms with Crippen LogP contribution in [0.25, 0.3) is 10.6 Å². The van der Waals surface area contributed by atoms with Crippen molar-refractivity contribution in [3.05, 3.63) is 70.4 Å². The van der Waals surface area contributed by atoms with Crippen LogP contribution in [0.5, 0.6) is 0 Å². The van der Waals surface area contributed by atoms with Crippen LogP contribution in [0.15, 0.2) is 53.9 Å². The zero-order valence-electron chi connectivity index (χ0n) is 13.1. The monoisotopic (exact) mass is 375 g/mol. The highest BCUT2D eigenvalue weighted by Gasteiger charge is 2.07. The summed E-state index contributed by atoms with van der Waals surface area (Å²) in [5.74, 6) is -0.283. The number of halogens is 2. The summed E-state index contributed by atoms with van der Waals surface area (Å²) in [6.45, 7) is 0.450. The van der Waals surface area contributed by atoms with Gasteiger partial charge < -0.3 is 10.6 Å². The Hall–Kier alpha value is -2.44. The molecule has 0 aliphatic rings. The fourth-order valence-electron chi connectivity index (χ4n) is 2.19. The molecule has 0 aliphatic carbocycles. The van der Waals surface area contributed by atoms with Gasteiger partial charge in [-0.1, -0.05) is 23.7 Å². The van der Waals surface area contributed by atoms with Crippen LogP contribution in [0.3, 0.4) is 0 Å². The first-order chi connectivity index (χ1) is 12.1. The summed E-state index contributed by atoms with van der Waals surface area (Å²) in [4.78, 5) is 16.3. The molecule has 1 aromatic heterocycles. The van der Waals surface area contributed by atoms with E-state index in [-0.39, 0.29) is 11.8 Å². The number of rotatable bonds is 5. The number of hydrogen-bond acceptors (Lipinski definition) is 3. The Morgan fingerprint density at radius 1 is 1.20 bits per heavy atom. The Bertz CT molecular complexity index is 867. The fourth-order valence-corrected chi connectivity index (χ4v) is 3.17. The van der Waals surface area contributed by atoms with Crippen molar-refractivity contribution in [2.24, 2.45) is 0 Å². The van der Waals surface area contributed by atoms with E-state index < -0.39 is 0 Å². The van der Waals surface area contributed by atoms with Crippen LogP contribution in [-0.2, 0) is 6.42 Å². The van der Waals surface area contributed by atoms with Gasteiger partial charge in [-0.15, -0.1) is 11.3 Å². The van der Waals surface area contributed by atoms with E-state index >= 15 is 0 Å². The maximum Gasteiger partial charge on any atom is 0.319 e. The number of benzene rings is 2. The Morgan fingerprint density at radius 2 is 2.00 bits per heavy atom. The van der Waals surface area contributed by atoms with Gasteiger partial charge in [0.15, 0.2) is 0 Å². The van der Waals surface area contributed by atoms with Crippen LogP contribution < -0.4 is 10.6 Å². The second-order valence-corrected chi connectivity index (χ2v) is 6.59. The standard InChI is InChI=1S/C18H15ClFN3OS/c19-13-4-6-15(7-5-13)23-18(24)21-9-8-16-11-25-17(22-16)12-2-1-3-14(20)10-12/h1-7,10-11H,8-9H2,(H2,21,23,24). The SMILES string of the molecule is O=C(NCCc1csc(-c2cccc(F)c2)n1)Nc1ccc(Cl)cc1. The van der Waals surface area contributed by atoms with Crippen LogP contribution in [0, 0.1) is 5.82 Å². The van der Waals surface area contributed by atoms with Crippen molar-refractivity contribution in [1.82, 2.24) is 10.3 Å². The molecule has 128 valence electrons. The number of anilines is 1. The Labute approximate surface area is 153 Å². The topological polar surface area (TPSA) is 54.0 Å². The number of aromatic nitrogens is 1. The molecule has 0 saturated carbocycles. The Balaban J connectivity index is 1.49. The number of nitrogens with zero attached hydrogens (tertiary/aromatic N) is 1. The lowest BCUT2D eigenvalue weighted by Gasteiger charge is -2.06. The second-order valence-electron chi connectivity index (χ2n) is 5.29. The molecule has 3 aromatic rings. The normalized spacial score (nSPS) is 10.5. The quantitative estimate of drug-likeness (QED) is 0.661. The third-order valence-corrected chi connectivity index (χ3v) is 4.58. The minimum Gasteiger partial charge on any atom is -0.337 e. The zero-order valence-corrected chi connectivity index (χ0v) is 14.7. The van der Waals surface area contributed by atoms with Crippen molar-refractivity contribution in [1.29, 1.82) is 0 Å². The number of amides is 2. The van der Waals surface area contributed by atoms with Gasteiger partial charge in [-0.2, -0.15) is 0 Å². The molecular weight excluding hydrogens is 361 g/mol. The number of urea groups is 1. The number of carbonyl (C=O) groups excluding carboxylic acids is 1. The van der Waals surface area contributed by atoms with Crippen molar-refractivity contribution in [2.45, 2.75) is 6.42 Å². The Morgan fingerprint density at radius 3 is 2.76 bits per heavy atom.